The summed E-state index contributed by atoms with van der Waals surface area (Å²) in [6, 6.07) is 91.9. The van der Waals surface area contributed by atoms with Crippen molar-refractivity contribution in [3.63, 3.8) is 0 Å². The first-order chi connectivity index (χ1) is 68.7. The average molecular weight is 2030 g/mol. The van der Waals surface area contributed by atoms with Crippen molar-refractivity contribution in [2.24, 2.45) is 0 Å². The summed E-state index contributed by atoms with van der Waals surface area (Å²) < 4.78 is 27.5. The van der Waals surface area contributed by atoms with Crippen LogP contribution < -0.4 is 9.80 Å². The third-order valence-corrected chi connectivity index (χ3v) is 32.2. The largest absolute Gasteiger partial charge is 0.370 e. The van der Waals surface area contributed by atoms with Crippen LogP contribution in [0.1, 0.15) is 209 Å². The lowest BCUT2D eigenvalue weighted by molar-refractivity contribution is -0.0980. The Morgan fingerprint density at radius 1 is 0.248 bits per heavy atom. The number of ether oxygens (including phenoxy) is 4. The van der Waals surface area contributed by atoms with Crippen molar-refractivity contribution in [3.8, 4) is 22.3 Å². The van der Waals surface area contributed by atoms with Gasteiger partial charge in [-0.05, 0) is 284 Å². The monoisotopic (exact) mass is 2030 g/mol. The number of hydrogen-bond acceptors (Lipinski definition) is 14. The molecule has 14 aromatic rings. The molecule has 22 heteroatoms. The second kappa shape index (κ2) is 43.0. The highest BCUT2D eigenvalue weighted by Crippen LogP contribution is 2.57. The maximum atomic E-state index is 6.87. The molecule has 6 saturated heterocycles. The van der Waals surface area contributed by atoms with Crippen LogP contribution in [-0.4, -0.2) is 118 Å². The molecule has 4 unspecified atom stereocenters. The first-order valence-electron chi connectivity index (χ1n) is 49.9. The molecule has 4 atom stereocenters. The van der Waals surface area contributed by atoms with E-state index >= 15 is 0 Å². The molecule has 14 nitrogen and oxygen atoms in total. The van der Waals surface area contributed by atoms with E-state index in [1.165, 1.54) is 110 Å². The number of likely N-dealkylation sites (tertiary alicyclic amines) is 4. The van der Waals surface area contributed by atoms with Gasteiger partial charge in [0.1, 0.15) is 24.4 Å². The van der Waals surface area contributed by atoms with Gasteiger partial charge in [-0.2, -0.15) is 0 Å². The van der Waals surface area contributed by atoms with E-state index in [9.17, 15) is 0 Å². The van der Waals surface area contributed by atoms with Gasteiger partial charge in [-0.15, -0.1) is 0 Å². The van der Waals surface area contributed by atoms with Gasteiger partial charge in [0.2, 0.25) is 0 Å². The fraction of sp³-hybridized carbons (Fsp3) is 0.328. The van der Waals surface area contributed by atoms with Gasteiger partial charge in [0, 0.05) is 168 Å². The third-order valence-electron chi connectivity index (χ3n) is 30.4. The number of aryl methyl sites for hydroxylation is 2. The van der Waals surface area contributed by atoms with Crippen LogP contribution in [-0.2, 0) is 67.5 Å². The molecular weight excluding hydrogens is 1920 g/mol. The molecule has 24 rings (SSSR count). The number of halogens is 8. The third kappa shape index (κ3) is 21.9. The van der Waals surface area contributed by atoms with E-state index in [0.29, 0.717) is 40.2 Å². The molecule has 14 heterocycles. The summed E-state index contributed by atoms with van der Waals surface area (Å²) in [5.74, 6) is 0. The lowest BCUT2D eigenvalue weighted by Gasteiger charge is -2.39. The van der Waals surface area contributed by atoms with E-state index in [-0.39, 0.29) is 46.8 Å². The number of hydrogen-bond donors (Lipinski definition) is 0. The average Bonchev–Trinajstić information content (AvgIpc) is 1.60. The van der Waals surface area contributed by atoms with Gasteiger partial charge in [0.15, 0.2) is 0 Å². The quantitative estimate of drug-likeness (QED) is 0.0916. The van der Waals surface area contributed by atoms with Crippen molar-refractivity contribution < 1.29 is 18.9 Å². The number of fused-ring (bicyclic) bond motifs is 8. The Balaban J connectivity index is 0.000000111. The normalized spacial score (nSPS) is 20.4. The summed E-state index contributed by atoms with van der Waals surface area (Å²) in [6.07, 6.45) is 21.6. The predicted octanol–water partition coefficient (Wildman–Crippen LogP) is 29.5. The number of nitrogens with zero attached hydrogens (tertiary/aromatic N) is 10. The van der Waals surface area contributed by atoms with E-state index in [1.807, 2.05) is 67.1 Å². The van der Waals surface area contributed by atoms with Crippen molar-refractivity contribution in [2.45, 2.75) is 170 Å². The van der Waals surface area contributed by atoms with Gasteiger partial charge in [-0.1, -0.05) is 262 Å². The molecule has 4 spiro atoms. The zero-order chi connectivity index (χ0) is 96.4. The Labute approximate surface area is 869 Å². The minimum atomic E-state index is -0.283. The van der Waals surface area contributed by atoms with Crippen LogP contribution in [0.2, 0.25) is 40.2 Å². The molecule has 0 bridgehead atoms. The van der Waals surface area contributed by atoms with Crippen molar-refractivity contribution >= 4 is 104 Å². The van der Waals surface area contributed by atoms with Crippen molar-refractivity contribution in [3.05, 3.63) is 433 Å². The summed E-state index contributed by atoms with van der Waals surface area (Å²) in [5.41, 5.74) is 27.3. The Hall–Kier alpha value is -9.60. The molecule has 141 heavy (non-hydrogen) atoms. The van der Waals surface area contributed by atoms with Crippen LogP contribution >= 0.6 is 92.8 Å². The molecule has 10 aromatic carbocycles. The van der Waals surface area contributed by atoms with Crippen LogP contribution in [0.25, 0.3) is 22.3 Å². The standard InChI is InChI=1S/2C31H28Cl2N2O.C29H31Cl2N3O.C28H29Cl2N3O/c2*1-21-5-4-6-22(15-21)23-9-10-27(34-19-23)20-35-13-11-31(12-14-35)29-8-3-2-7-28(29)30(36-31)24-16-25(32)18-26(33)17-24;30-22-16-21(17-23(31)18-22)28-26-6-2-3-7-27(26)29(35-28)10-14-33(15-11-29)20-24-8-9-25(19-32-24)34-12-4-1-5-13-34;29-21-15-20(16-22(30)17-21)27-25-5-1-2-6-26(25)28(34-27)9-13-32(14-10-28)19-23-7-8-24(18-31-23)33-11-3-4-12-33/h2*2-10,15-19,30H,11-14,20H2,1H3;2-3,6-9,16-19,28H,1,4-5,10-15,20H2;1-2,5-8,15-18,27H,3-4,9-14,19H2. The molecular formula is C119H116Cl8N10O4. The second-order valence-electron chi connectivity index (χ2n) is 39.8. The topological polar surface area (TPSA) is 108 Å². The van der Waals surface area contributed by atoms with E-state index in [4.69, 9.17) is 132 Å². The number of anilines is 2. The SMILES string of the molecule is Cc1cccc(-c2ccc(CN3CCC4(CC3)OC(c3cc(Cl)cc(Cl)c3)c3ccccc34)nc2)c1.Cc1cccc(-c2ccc(CN3CCC4(CC3)OC(c3cc(Cl)cc(Cl)c3)c3ccccc34)nc2)c1.Clc1cc(Cl)cc(C2OC3(CCN(Cc4ccc(N5CCCC5)cn4)CC3)c3ccccc32)c1.Clc1cc(Cl)cc(C2OC3(CCN(Cc4ccc(N5CCCCC5)cn4)CC3)c3ccccc32)c1. The zero-order valence-electron chi connectivity index (χ0n) is 79.7. The number of benzene rings is 10. The highest BCUT2D eigenvalue weighted by atomic mass is 35.5. The van der Waals surface area contributed by atoms with Crippen molar-refractivity contribution in [1.29, 1.82) is 0 Å². The number of piperidine rings is 5. The molecule has 0 aliphatic carbocycles. The first kappa shape index (κ1) is 97.5. The van der Waals surface area contributed by atoms with E-state index in [1.54, 1.807) is 24.3 Å². The van der Waals surface area contributed by atoms with E-state index in [2.05, 4.69) is 244 Å². The Morgan fingerprint density at radius 2 is 0.496 bits per heavy atom. The van der Waals surface area contributed by atoms with Gasteiger partial charge >= 0.3 is 0 Å². The highest BCUT2D eigenvalue weighted by molar-refractivity contribution is 6.36. The van der Waals surface area contributed by atoms with Gasteiger partial charge < -0.3 is 28.7 Å². The lowest BCUT2D eigenvalue weighted by atomic mass is 9.83. The zero-order valence-corrected chi connectivity index (χ0v) is 85.7. The summed E-state index contributed by atoms with van der Waals surface area (Å²) in [5, 5.41) is 5.10. The fourth-order valence-electron chi connectivity index (χ4n) is 23.2. The second-order valence-corrected chi connectivity index (χ2v) is 43.3. The molecule has 10 aliphatic rings. The van der Waals surface area contributed by atoms with Gasteiger partial charge in [0.05, 0.1) is 68.9 Å². The molecule has 0 saturated carbocycles. The minimum absolute atomic E-state index is 0.140. The number of aromatic nitrogens is 4. The molecule has 0 N–H and O–H groups in total. The Morgan fingerprint density at radius 3 is 0.738 bits per heavy atom. The van der Waals surface area contributed by atoms with Crippen LogP contribution in [0.4, 0.5) is 11.4 Å². The molecule has 0 amide bonds. The van der Waals surface area contributed by atoms with Crippen LogP contribution in [0.3, 0.4) is 0 Å². The number of rotatable bonds is 16. The maximum Gasteiger partial charge on any atom is 0.109 e. The van der Waals surface area contributed by atoms with Crippen molar-refractivity contribution in [1.82, 2.24) is 39.5 Å². The molecule has 10 aliphatic heterocycles. The highest BCUT2D eigenvalue weighted by Gasteiger charge is 2.52. The lowest BCUT2D eigenvalue weighted by Crippen LogP contribution is -2.42. The minimum Gasteiger partial charge on any atom is -0.370 e. The van der Waals surface area contributed by atoms with E-state index < -0.39 is 0 Å². The molecule has 6 fully saturated rings. The van der Waals surface area contributed by atoms with Crippen LogP contribution in [0.5, 0.6) is 0 Å². The molecule has 722 valence electrons. The Kier molecular flexibility index (Phi) is 29.7. The van der Waals surface area contributed by atoms with Gasteiger partial charge in [-0.3, -0.25) is 39.5 Å². The van der Waals surface area contributed by atoms with Gasteiger partial charge in [-0.25, -0.2) is 0 Å². The van der Waals surface area contributed by atoms with Crippen LogP contribution in [0, 0.1) is 13.8 Å². The smallest absolute Gasteiger partial charge is 0.109 e. The summed E-state index contributed by atoms with van der Waals surface area (Å²) >= 11 is 50.6. The predicted molar refractivity (Wildman–Crippen MR) is 573 cm³/mol. The van der Waals surface area contributed by atoms with E-state index in [0.717, 1.165) is 212 Å². The summed E-state index contributed by atoms with van der Waals surface area (Å²) in [4.78, 5) is 34.0. The molecule has 4 aromatic heterocycles. The Bertz CT molecular complexity index is 6460. The maximum absolute atomic E-state index is 6.87. The molecule has 0 radical (unpaired) electrons. The summed E-state index contributed by atoms with van der Waals surface area (Å²) in [6.45, 7) is 20.0. The first-order valence-corrected chi connectivity index (χ1v) is 53.0. The fourth-order valence-corrected chi connectivity index (χ4v) is 25.3. The van der Waals surface area contributed by atoms with Crippen molar-refractivity contribution in [2.75, 3.05) is 88.3 Å². The van der Waals surface area contributed by atoms with Crippen LogP contribution in [0.15, 0.2) is 292 Å². The number of pyridine rings is 4. The summed E-state index contributed by atoms with van der Waals surface area (Å²) in [7, 11) is 0. The van der Waals surface area contributed by atoms with Gasteiger partial charge in [0.25, 0.3) is 0 Å².